The Bertz CT molecular complexity index is 331. The molecule has 3 rings (SSSR count). The Balaban J connectivity index is 1.54. The number of piperidine rings is 1. The summed E-state index contributed by atoms with van der Waals surface area (Å²) >= 11 is 0. The van der Waals surface area contributed by atoms with E-state index in [-0.39, 0.29) is 5.41 Å². The molecule has 0 aromatic heterocycles. The normalized spacial score (nSPS) is 32.5. The minimum atomic E-state index is 0.260. The molecule has 3 saturated heterocycles. The maximum absolute atomic E-state index is 12.5. The summed E-state index contributed by atoms with van der Waals surface area (Å²) in [5.41, 5.74) is 0.260. The van der Waals surface area contributed by atoms with E-state index < -0.39 is 0 Å². The summed E-state index contributed by atoms with van der Waals surface area (Å²) in [7, 11) is 0. The lowest BCUT2D eigenvalue weighted by Gasteiger charge is -2.45. The van der Waals surface area contributed by atoms with Crippen molar-refractivity contribution in [3.05, 3.63) is 0 Å². The second-order valence-corrected chi connectivity index (χ2v) is 6.60. The van der Waals surface area contributed by atoms with Crippen LogP contribution >= 0.6 is 0 Å². The Morgan fingerprint density at radius 2 is 1.95 bits per heavy atom. The van der Waals surface area contributed by atoms with Crippen LogP contribution in [-0.2, 0) is 9.53 Å². The van der Waals surface area contributed by atoms with E-state index in [0.29, 0.717) is 12.5 Å². The van der Waals surface area contributed by atoms with E-state index in [1.807, 2.05) is 0 Å². The lowest BCUT2D eigenvalue weighted by molar-refractivity contribution is -0.139. The van der Waals surface area contributed by atoms with Crippen LogP contribution in [0.5, 0.6) is 0 Å². The van der Waals surface area contributed by atoms with Crippen LogP contribution in [0.1, 0.15) is 25.7 Å². The van der Waals surface area contributed by atoms with E-state index in [1.54, 1.807) is 0 Å². The second kappa shape index (κ2) is 6.41. The molecule has 114 valence electrons. The molecule has 1 unspecified atom stereocenters. The van der Waals surface area contributed by atoms with Crippen molar-refractivity contribution in [2.45, 2.75) is 25.7 Å². The number of carbonyl (C=O) groups is 1. The molecule has 0 saturated carbocycles. The SMILES string of the molecule is O=C(CN1CCNCC1)N1CCCC2(CCCOC2)C1. The van der Waals surface area contributed by atoms with Crippen LogP contribution in [0.3, 0.4) is 0 Å². The average Bonchev–Trinajstić information content (AvgIpc) is 2.49. The van der Waals surface area contributed by atoms with Crippen molar-refractivity contribution in [3.63, 3.8) is 0 Å². The van der Waals surface area contributed by atoms with E-state index in [2.05, 4.69) is 15.1 Å². The van der Waals surface area contributed by atoms with Crippen molar-refractivity contribution in [2.24, 2.45) is 5.41 Å². The van der Waals surface area contributed by atoms with Crippen LogP contribution in [0.2, 0.25) is 0 Å². The monoisotopic (exact) mass is 281 g/mol. The Morgan fingerprint density at radius 1 is 1.15 bits per heavy atom. The molecule has 0 bridgehead atoms. The summed E-state index contributed by atoms with van der Waals surface area (Å²) in [6.07, 6.45) is 4.74. The Hall–Kier alpha value is -0.650. The molecule has 0 aromatic carbocycles. The topological polar surface area (TPSA) is 44.8 Å². The molecule has 3 aliphatic heterocycles. The minimum absolute atomic E-state index is 0.260. The third-order valence-electron chi connectivity index (χ3n) is 4.99. The highest BCUT2D eigenvalue weighted by Gasteiger charge is 2.38. The zero-order valence-electron chi connectivity index (χ0n) is 12.4. The average molecular weight is 281 g/mol. The molecule has 0 aromatic rings. The third-order valence-corrected chi connectivity index (χ3v) is 4.99. The first-order valence-electron chi connectivity index (χ1n) is 8.06. The standard InChI is InChI=1S/C15H27N3O2/c19-14(11-17-8-5-16-6-9-17)18-7-1-3-15(12-18)4-2-10-20-13-15/h16H,1-13H2. The molecule has 20 heavy (non-hydrogen) atoms. The van der Waals surface area contributed by atoms with Gasteiger partial charge in [0.2, 0.25) is 5.91 Å². The number of nitrogens with zero attached hydrogens (tertiary/aromatic N) is 2. The first-order valence-corrected chi connectivity index (χ1v) is 8.06. The Kier molecular flexibility index (Phi) is 4.58. The van der Waals surface area contributed by atoms with Gasteiger partial charge in [-0.15, -0.1) is 0 Å². The molecule has 3 aliphatic rings. The number of amides is 1. The van der Waals surface area contributed by atoms with Gasteiger partial charge >= 0.3 is 0 Å². The van der Waals surface area contributed by atoms with Gasteiger partial charge < -0.3 is 15.0 Å². The van der Waals surface area contributed by atoms with Gasteiger partial charge in [-0.1, -0.05) is 0 Å². The Labute approximate surface area is 121 Å². The van der Waals surface area contributed by atoms with Gasteiger partial charge in [-0.05, 0) is 25.7 Å². The number of piperazine rings is 1. The number of rotatable bonds is 2. The van der Waals surface area contributed by atoms with Gasteiger partial charge in [0.25, 0.3) is 0 Å². The zero-order valence-corrected chi connectivity index (χ0v) is 12.4. The van der Waals surface area contributed by atoms with E-state index in [0.717, 1.165) is 65.3 Å². The number of hydrogen-bond donors (Lipinski definition) is 1. The van der Waals surface area contributed by atoms with Gasteiger partial charge in [-0.3, -0.25) is 9.69 Å². The summed E-state index contributed by atoms with van der Waals surface area (Å²) in [5.74, 6) is 0.316. The molecule has 3 heterocycles. The van der Waals surface area contributed by atoms with Crippen molar-refractivity contribution >= 4 is 5.91 Å². The fraction of sp³-hybridized carbons (Fsp3) is 0.933. The van der Waals surface area contributed by atoms with Crippen LogP contribution < -0.4 is 5.32 Å². The van der Waals surface area contributed by atoms with Gasteiger partial charge in [-0.2, -0.15) is 0 Å². The molecule has 1 amide bonds. The maximum Gasteiger partial charge on any atom is 0.236 e. The van der Waals surface area contributed by atoms with Crippen molar-refractivity contribution in [2.75, 3.05) is 59.0 Å². The largest absolute Gasteiger partial charge is 0.381 e. The number of nitrogens with one attached hydrogen (secondary N) is 1. The number of likely N-dealkylation sites (tertiary alicyclic amines) is 1. The first-order chi connectivity index (χ1) is 9.77. The number of carbonyl (C=O) groups excluding carboxylic acids is 1. The van der Waals surface area contributed by atoms with Gasteiger partial charge in [0, 0.05) is 51.3 Å². The highest BCUT2D eigenvalue weighted by Crippen LogP contribution is 2.37. The van der Waals surface area contributed by atoms with Crippen LogP contribution in [0, 0.1) is 5.41 Å². The van der Waals surface area contributed by atoms with Crippen molar-refractivity contribution < 1.29 is 9.53 Å². The minimum Gasteiger partial charge on any atom is -0.381 e. The quantitative estimate of drug-likeness (QED) is 0.791. The molecule has 1 atom stereocenters. The van der Waals surface area contributed by atoms with Crippen LogP contribution in [0.25, 0.3) is 0 Å². The van der Waals surface area contributed by atoms with Gasteiger partial charge in [0.1, 0.15) is 0 Å². The summed E-state index contributed by atoms with van der Waals surface area (Å²) in [4.78, 5) is 16.9. The molecular weight excluding hydrogens is 254 g/mol. The fourth-order valence-electron chi connectivity index (χ4n) is 3.81. The molecular formula is C15H27N3O2. The molecule has 1 N–H and O–H groups in total. The number of hydrogen-bond acceptors (Lipinski definition) is 4. The van der Waals surface area contributed by atoms with E-state index in [9.17, 15) is 4.79 Å². The maximum atomic E-state index is 12.5. The fourth-order valence-corrected chi connectivity index (χ4v) is 3.81. The molecule has 0 radical (unpaired) electrons. The summed E-state index contributed by atoms with van der Waals surface area (Å²) in [6, 6.07) is 0. The highest BCUT2D eigenvalue weighted by molar-refractivity contribution is 5.78. The molecule has 0 aliphatic carbocycles. The predicted octanol–water partition coefficient (Wildman–Crippen LogP) is 0.311. The van der Waals surface area contributed by atoms with Gasteiger partial charge in [-0.25, -0.2) is 0 Å². The number of ether oxygens (including phenoxy) is 1. The summed E-state index contributed by atoms with van der Waals surface area (Å²) < 4.78 is 5.68. The smallest absolute Gasteiger partial charge is 0.236 e. The first kappa shape index (κ1) is 14.3. The zero-order chi connectivity index (χ0) is 13.8. The molecule has 1 spiro atoms. The molecule has 5 heteroatoms. The van der Waals surface area contributed by atoms with Gasteiger partial charge in [0.05, 0.1) is 13.2 Å². The van der Waals surface area contributed by atoms with E-state index >= 15 is 0 Å². The lowest BCUT2D eigenvalue weighted by Crippen LogP contribution is -2.53. The van der Waals surface area contributed by atoms with Crippen LogP contribution in [0.15, 0.2) is 0 Å². The molecule has 3 fully saturated rings. The lowest BCUT2D eigenvalue weighted by atomic mass is 9.76. The van der Waals surface area contributed by atoms with E-state index in [1.165, 1.54) is 12.8 Å². The highest BCUT2D eigenvalue weighted by atomic mass is 16.5. The van der Waals surface area contributed by atoms with Crippen LogP contribution in [0.4, 0.5) is 0 Å². The van der Waals surface area contributed by atoms with Crippen LogP contribution in [-0.4, -0.2) is 74.7 Å². The predicted molar refractivity (Wildman–Crippen MR) is 77.6 cm³/mol. The summed E-state index contributed by atoms with van der Waals surface area (Å²) in [5, 5.41) is 3.33. The van der Waals surface area contributed by atoms with Gasteiger partial charge in [0.15, 0.2) is 0 Å². The van der Waals surface area contributed by atoms with Crippen molar-refractivity contribution in [1.29, 1.82) is 0 Å². The third kappa shape index (κ3) is 3.32. The molecule has 5 nitrogen and oxygen atoms in total. The second-order valence-electron chi connectivity index (χ2n) is 6.60. The van der Waals surface area contributed by atoms with E-state index in [4.69, 9.17) is 4.74 Å². The Morgan fingerprint density at radius 3 is 2.70 bits per heavy atom. The van der Waals surface area contributed by atoms with Crippen molar-refractivity contribution in [3.8, 4) is 0 Å². The summed E-state index contributed by atoms with van der Waals surface area (Å²) in [6.45, 7) is 8.20. The van der Waals surface area contributed by atoms with Crippen molar-refractivity contribution in [1.82, 2.24) is 15.1 Å².